The molecule has 2 aliphatic carbocycles. The summed E-state index contributed by atoms with van der Waals surface area (Å²) in [6, 6.07) is 12.4. The van der Waals surface area contributed by atoms with E-state index in [1.165, 1.54) is 12.1 Å². The summed E-state index contributed by atoms with van der Waals surface area (Å²) in [4.78, 5) is 37.4. The average Bonchev–Trinajstić information content (AvgIpc) is 3.54. The molecule has 0 spiro atoms. The number of carbonyl (C=O) groups is 2. The van der Waals surface area contributed by atoms with E-state index < -0.39 is 0 Å². The number of imidazole rings is 1. The van der Waals surface area contributed by atoms with E-state index in [1.54, 1.807) is 12.1 Å². The number of aryl methyl sites for hydroxylation is 1. The highest BCUT2D eigenvalue weighted by atomic mass is 35.5. The second-order valence-corrected chi connectivity index (χ2v) is 16.6. The Morgan fingerprint density at radius 1 is 1.02 bits per heavy atom. The SMILES string of the molecule is CC(C)OC1=CC(CC(=O)N2CCCC(CCN3CCC(C(=O)c4nc5c(n4Cc4ccc(F)cc4)C=CCC5)CC3)(c3ccc(Cl)c(Cl)c3)C2)=CCC1. The lowest BCUT2D eigenvalue weighted by molar-refractivity contribution is -0.132. The third kappa shape index (κ3) is 8.87. The second kappa shape index (κ2) is 17.0. The van der Waals surface area contributed by atoms with Gasteiger partial charge in [0.2, 0.25) is 11.7 Å². The van der Waals surface area contributed by atoms with Crippen LogP contribution in [0.5, 0.6) is 0 Å². The lowest BCUT2D eigenvalue weighted by atomic mass is 9.71. The zero-order chi connectivity index (χ0) is 37.8. The van der Waals surface area contributed by atoms with Gasteiger partial charge in [0, 0.05) is 37.4 Å². The number of Topliss-reactive ketones (excluding diaryl/α,β-unsaturated/α-hetero) is 1. The number of aromatic nitrogens is 2. The van der Waals surface area contributed by atoms with Crippen LogP contribution < -0.4 is 0 Å². The van der Waals surface area contributed by atoms with E-state index in [0.717, 1.165) is 118 Å². The van der Waals surface area contributed by atoms with Crippen molar-refractivity contribution in [2.75, 3.05) is 32.7 Å². The van der Waals surface area contributed by atoms with Gasteiger partial charge in [0.15, 0.2) is 5.82 Å². The molecule has 7 nitrogen and oxygen atoms in total. The van der Waals surface area contributed by atoms with Crippen LogP contribution in [0.3, 0.4) is 0 Å². The predicted octanol–water partition coefficient (Wildman–Crippen LogP) is 9.60. The number of ether oxygens (including phenoxy) is 1. The van der Waals surface area contributed by atoms with Crippen LogP contribution in [0.25, 0.3) is 6.08 Å². The molecule has 1 amide bonds. The number of amides is 1. The number of hydrogen-bond donors (Lipinski definition) is 0. The maximum Gasteiger partial charge on any atom is 0.227 e. The van der Waals surface area contributed by atoms with Crippen molar-refractivity contribution in [3.63, 3.8) is 0 Å². The molecule has 0 N–H and O–H groups in total. The van der Waals surface area contributed by atoms with Gasteiger partial charge < -0.3 is 19.1 Å². The van der Waals surface area contributed by atoms with E-state index in [1.807, 2.05) is 35.4 Å². The first-order valence-electron chi connectivity index (χ1n) is 19.6. The Balaban J connectivity index is 1.02. The van der Waals surface area contributed by atoms with Crippen LogP contribution in [0, 0.1) is 11.7 Å². The summed E-state index contributed by atoms with van der Waals surface area (Å²) in [6.45, 7) is 8.38. The Kier molecular flexibility index (Phi) is 12.1. The van der Waals surface area contributed by atoms with Crippen molar-refractivity contribution in [1.29, 1.82) is 0 Å². The summed E-state index contributed by atoms with van der Waals surface area (Å²) in [6.07, 6.45) is 16.6. The highest BCUT2D eigenvalue weighted by molar-refractivity contribution is 6.42. The number of carbonyl (C=O) groups excluding carboxylic acids is 2. The summed E-state index contributed by atoms with van der Waals surface area (Å²) in [7, 11) is 0. The van der Waals surface area contributed by atoms with Crippen molar-refractivity contribution >= 4 is 41.0 Å². The molecule has 1 unspecified atom stereocenters. The molecule has 286 valence electrons. The Labute approximate surface area is 328 Å². The molecule has 2 saturated heterocycles. The minimum absolute atomic E-state index is 0.0964. The molecule has 3 heterocycles. The number of rotatable bonds is 12. The minimum Gasteiger partial charge on any atom is -0.495 e. The molecule has 0 bridgehead atoms. The average molecular weight is 774 g/mol. The smallest absolute Gasteiger partial charge is 0.227 e. The molecule has 7 rings (SSSR count). The fourth-order valence-electron chi connectivity index (χ4n) is 8.69. The maximum absolute atomic E-state index is 14.1. The largest absolute Gasteiger partial charge is 0.495 e. The van der Waals surface area contributed by atoms with Gasteiger partial charge >= 0.3 is 0 Å². The standard InChI is InChI=1S/C44H51Cl2FN4O3/c1-30(2)54-36-8-5-7-32(25-36)26-41(52)50-21-6-19-44(29-50,34-13-16-37(45)38(46)27-34)20-24-49-22-17-33(18-23-49)42(53)43-48-39-9-3-4-10-40(39)51(43)28-31-11-14-35(47)15-12-31/h4,7,10-16,25,27,30,33H,3,5-6,8-9,17-24,26,28-29H2,1-2H3. The van der Waals surface area contributed by atoms with Crippen LogP contribution >= 0.6 is 23.2 Å². The lowest BCUT2D eigenvalue weighted by Gasteiger charge is -2.45. The van der Waals surface area contributed by atoms with Crippen molar-refractivity contribution < 1.29 is 18.7 Å². The fraction of sp³-hybridized carbons (Fsp3) is 0.477. The Morgan fingerprint density at radius 2 is 1.81 bits per heavy atom. The molecule has 1 aromatic heterocycles. The van der Waals surface area contributed by atoms with Crippen molar-refractivity contribution in [2.24, 2.45) is 5.92 Å². The molecular weight excluding hydrogens is 722 g/mol. The van der Waals surface area contributed by atoms with E-state index in [2.05, 4.69) is 35.3 Å². The van der Waals surface area contributed by atoms with Gasteiger partial charge in [-0.2, -0.15) is 0 Å². The zero-order valence-corrected chi connectivity index (χ0v) is 33.0. The summed E-state index contributed by atoms with van der Waals surface area (Å²) in [5.41, 5.74) is 4.76. The van der Waals surface area contributed by atoms with Gasteiger partial charge in [0.25, 0.3) is 0 Å². The minimum atomic E-state index is -0.275. The first kappa shape index (κ1) is 38.6. The third-order valence-electron chi connectivity index (χ3n) is 11.6. The van der Waals surface area contributed by atoms with Crippen molar-refractivity contribution in [3.8, 4) is 0 Å². The number of fused-ring (bicyclic) bond motifs is 1. The first-order chi connectivity index (χ1) is 26.1. The van der Waals surface area contributed by atoms with Gasteiger partial charge in [-0.25, -0.2) is 9.37 Å². The highest BCUT2D eigenvalue weighted by Gasteiger charge is 2.40. The molecule has 10 heteroatoms. The molecule has 1 atom stereocenters. The molecule has 4 aliphatic rings. The van der Waals surface area contributed by atoms with Gasteiger partial charge in [-0.15, -0.1) is 0 Å². The Bertz CT molecular complexity index is 1940. The highest BCUT2D eigenvalue weighted by Crippen LogP contribution is 2.41. The predicted molar refractivity (Wildman–Crippen MR) is 213 cm³/mol. The molecule has 2 fully saturated rings. The van der Waals surface area contributed by atoms with E-state index in [9.17, 15) is 14.0 Å². The van der Waals surface area contributed by atoms with Crippen LogP contribution in [0.15, 0.2) is 72.0 Å². The maximum atomic E-state index is 14.1. The number of benzene rings is 2. The molecular formula is C44H51Cl2FN4O3. The van der Waals surface area contributed by atoms with Crippen LogP contribution in [0.2, 0.25) is 10.0 Å². The number of likely N-dealkylation sites (tertiary alicyclic amines) is 2. The van der Waals surface area contributed by atoms with Gasteiger partial charge in [0.1, 0.15) is 5.82 Å². The quantitative estimate of drug-likeness (QED) is 0.172. The van der Waals surface area contributed by atoms with Gasteiger partial charge in [0.05, 0.1) is 39.7 Å². The van der Waals surface area contributed by atoms with Crippen molar-refractivity contribution in [2.45, 2.75) is 96.1 Å². The number of hydrogen-bond acceptors (Lipinski definition) is 5. The fourth-order valence-corrected chi connectivity index (χ4v) is 8.99. The summed E-state index contributed by atoms with van der Waals surface area (Å²) >= 11 is 13.0. The van der Waals surface area contributed by atoms with Gasteiger partial charge in [-0.05, 0) is 138 Å². The topological polar surface area (TPSA) is 67.7 Å². The summed E-state index contributed by atoms with van der Waals surface area (Å²) in [5, 5.41) is 1.05. The van der Waals surface area contributed by atoms with Crippen molar-refractivity contribution in [3.05, 3.63) is 116 Å². The number of ketones is 1. The summed E-state index contributed by atoms with van der Waals surface area (Å²) < 4.78 is 21.7. The Morgan fingerprint density at radius 3 is 2.57 bits per heavy atom. The third-order valence-corrected chi connectivity index (χ3v) is 12.3. The van der Waals surface area contributed by atoms with Gasteiger partial charge in [-0.1, -0.05) is 53.6 Å². The molecule has 2 aliphatic heterocycles. The number of piperidine rings is 2. The van der Waals surface area contributed by atoms with E-state index in [0.29, 0.717) is 35.4 Å². The zero-order valence-electron chi connectivity index (χ0n) is 31.5. The monoisotopic (exact) mass is 772 g/mol. The van der Waals surface area contributed by atoms with E-state index >= 15 is 0 Å². The molecule has 0 radical (unpaired) electrons. The van der Waals surface area contributed by atoms with Gasteiger partial charge in [-0.3, -0.25) is 9.59 Å². The normalized spacial score (nSPS) is 20.8. The van der Waals surface area contributed by atoms with E-state index in [-0.39, 0.29) is 34.9 Å². The Hall–Kier alpha value is -3.72. The number of halogens is 3. The number of nitrogens with zero attached hydrogens (tertiary/aromatic N) is 4. The number of allylic oxidation sites excluding steroid dienone is 4. The molecule has 0 saturated carbocycles. The molecule has 3 aromatic rings. The van der Waals surface area contributed by atoms with E-state index in [4.69, 9.17) is 32.9 Å². The first-order valence-corrected chi connectivity index (χ1v) is 20.4. The van der Waals surface area contributed by atoms with Crippen molar-refractivity contribution in [1.82, 2.24) is 19.4 Å². The van der Waals surface area contributed by atoms with Crippen LogP contribution in [-0.2, 0) is 27.9 Å². The summed E-state index contributed by atoms with van der Waals surface area (Å²) in [5.74, 6) is 1.32. The molecule has 54 heavy (non-hydrogen) atoms. The van der Waals surface area contributed by atoms with Crippen LogP contribution in [0.4, 0.5) is 4.39 Å². The van der Waals surface area contributed by atoms with Crippen LogP contribution in [-0.4, -0.2) is 69.9 Å². The lowest BCUT2D eigenvalue weighted by Crippen LogP contribution is -2.50. The van der Waals surface area contributed by atoms with Crippen LogP contribution in [0.1, 0.15) is 105 Å². The molecule has 2 aromatic carbocycles. The second-order valence-electron chi connectivity index (χ2n) is 15.8.